The van der Waals surface area contributed by atoms with Gasteiger partial charge in [-0.05, 0) is 134 Å². The molecule has 4 nitrogen and oxygen atoms in total. The van der Waals surface area contributed by atoms with Crippen molar-refractivity contribution >= 4 is 226 Å². The van der Waals surface area contributed by atoms with E-state index in [9.17, 15) is 0 Å². The number of nitrogens with two attached hydrogens (primary N) is 2. The Morgan fingerprint density at radius 1 is 0.301 bits per heavy atom. The fourth-order valence-corrected chi connectivity index (χ4v) is 18.6. The van der Waals surface area contributed by atoms with Gasteiger partial charge in [-0.3, -0.25) is 0 Å². The Balaban J connectivity index is 0.000000106. The Labute approximate surface area is 471 Å². The van der Waals surface area contributed by atoms with E-state index in [0.29, 0.717) is 5.46 Å². The summed E-state index contributed by atoms with van der Waals surface area (Å²) in [5.41, 5.74) is 19.0. The van der Waals surface area contributed by atoms with Crippen molar-refractivity contribution in [2.75, 3.05) is 11.5 Å². The number of rotatable bonds is 3. The van der Waals surface area contributed by atoms with Crippen LogP contribution in [-0.2, 0) is 0 Å². The Bertz CT molecular complexity index is 4070. The monoisotopic (exact) mass is 1280 g/mol. The number of nitrogen functional groups attached to an aromatic ring is 2. The number of halogens is 2. The Morgan fingerprint density at radius 2 is 0.589 bits per heavy atom. The number of hydrogen-bond acceptors (Lipinski definition) is 10. The topological polar surface area (TPSA) is 92.5 Å². The van der Waals surface area contributed by atoms with Gasteiger partial charge in [0.05, 0.1) is 28.2 Å². The van der Waals surface area contributed by atoms with Gasteiger partial charge in [-0.1, -0.05) is 140 Å². The fourth-order valence-electron chi connectivity index (χ4n) is 8.99. The van der Waals surface area contributed by atoms with Crippen molar-refractivity contribution in [3.8, 4) is 22.3 Å². The lowest BCUT2D eigenvalue weighted by molar-refractivity contribution is 0.426. The smallest absolute Gasteiger partial charge is 0.423 e. The lowest BCUT2D eigenvalue weighted by Gasteiger charge is -2.02. The van der Waals surface area contributed by atoms with E-state index in [1.165, 1.54) is 118 Å². The predicted molar refractivity (Wildman–Crippen MR) is 346 cm³/mol. The van der Waals surface area contributed by atoms with Crippen LogP contribution < -0.4 is 16.9 Å². The molecule has 0 fully saturated rings. The Morgan fingerprint density at radius 3 is 0.918 bits per heavy atom. The highest BCUT2D eigenvalue weighted by molar-refractivity contribution is 14.1. The van der Waals surface area contributed by atoms with Gasteiger partial charge in [0.15, 0.2) is 0 Å². The second-order valence-corrected chi connectivity index (χ2v) is 26.1. The van der Waals surface area contributed by atoms with Crippen molar-refractivity contribution in [3.63, 3.8) is 0 Å². The zero-order chi connectivity index (χ0) is 49.7. The molecule has 0 atom stereocenters. The molecule has 0 aliphatic heterocycles. The minimum Gasteiger partial charge on any atom is -0.423 e. The summed E-state index contributed by atoms with van der Waals surface area (Å²) in [7, 11) is -1.34. The maximum absolute atomic E-state index is 8.58. The fraction of sp³-hybridized carbons (Fsp3) is 0. The van der Waals surface area contributed by atoms with Crippen LogP contribution in [0.1, 0.15) is 0 Å². The maximum Gasteiger partial charge on any atom is 0.488 e. The van der Waals surface area contributed by atoms with Crippen molar-refractivity contribution < 1.29 is 10.0 Å². The molecular formula is C60H39BI2N2O2S6. The van der Waals surface area contributed by atoms with Crippen molar-refractivity contribution in [1.82, 2.24) is 0 Å². The van der Waals surface area contributed by atoms with Gasteiger partial charge in [0, 0.05) is 79.0 Å². The summed E-state index contributed by atoms with van der Waals surface area (Å²) in [5.74, 6) is 0. The van der Waals surface area contributed by atoms with Crippen molar-refractivity contribution in [1.29, 1.82) is 0 Å². The molecule has 15 aromatic rings. The molecule has 9 aromatic carbocycles. The van der Waals surface area contributed by atoms with Gasteiger partial charge in [0.25, 0.3) is 0 Å². The molecule has 0 saturated heterocycles. The molecule has 0 bridgehead atoms. The minimum atomic E-state index is -1.34. The summed E-state index contributed by atoms with van der Waals surface area (Å²) in [5, 5.41) is 25.3. The first-order chi connectivity index (χ1) is 35.6. The summed E-state index contributed by atoms with van der Waals surface area (Å²) in [6, 6.07) is 69.4. The van der Waals surface area contributed by atoms with Crippen molar-refractivity contribution in [2.24, 2.45) is 0 Å². The molecule has 0 radical (unpaired) electrons. The average Bonchev–Trinajstić information content (AvgIpc) is 4.26. The SMILES string of the molecule is Ic1ccc2c(c1)sc1c3ccc(I)cc3sc21.Nc1ccc2c(c1)sc1c3ccc(N)cc3sc21.OB(O)c1ccccc1.c1ccc(-c2ccc3c(c2)sc2c4ccc(-c5ccccc5)cc4sc32)cc1. The lowest BCUT2D eigenvalue weighted by Crippen LogP contribution is -2.29. The molecule has 0 unspecified atom stereocenters. The molecule has 0 spiro atoms. The maximum atomic E-state index is 8.58. The number of fused-ring (bicyclic) bond motifs is 15. The van der Waals surface area contributed by atoms with Crippen LogP contribution in [0.25, 0.3) is 111 Å². The standard InChI is InChI=1S/C26H16S2.C14H6I2S2.C14H10N2S2.C6H7BO2/c1-3-7-17(8-4-1)19-11-13-21-23(15-19)27-26-22-14-12-20(16-24(22)28-25(21)26)18-9-5-2-6-10-18;2*15-7-1-3-9-11(5-7)17-14-10-4-2-8(16)6-12(10)18-13(9)14;8-7(9)6-4-2-1-3-5-6/h1-16H;1-6H;1-6H,15-16H2;1-5,8-9H. The highest BCUT2D eigenvalue weighted by atomic mass is 127. The van der Waals surface area contributed by atoms with E-state index in [0.717, 1.165) is 11.4 Å². The van der Waals surface area contributed by atoms with E-state index in [1.807, 2.05) is 86.2 Å². The average molecular weight is 1280 g/mol. The van der Waals surface area contributed by atoms with Gasteiger partial charge in [-0.2, -0.15) is 0 Å². The summed E-state index contributed by atoms with van der Waals surface area (Å²) < 4.78 is 19.1. The van der Waals surface area contributed by atoms with E-state index in [2.05, 4.69) is 203 Å². The van der Waals surface area contributed by atoms with Gasteiger partial charge < -0.3 is 21.5 Å². The molecular weight excluding hydrogens is 1240 g/mol. The number of benzene rings is 9. The Hall–Kier alpha value is -5.44. The first-order valence-corrected chi connectivity index (χ1v) is 30.2. The summed E-state index contributed by atoms with van der Waals surface area (Å²) in [6.07, 6.45) is 0. The molecule has 73 heavy (non-hydrogen) atoms. The van der Waals surface area contributed by atoms with E-state index >= 15 is 0 Å². The van der Waals surface area contributed by atoms with Crippen LogP contribution in [0, 0.1) is 7.14 Å². The Kier molecular flexibility index (Phi) is 13.8. The molecule has 354 valence electrons. The van der Waals surface area contributed by atoms with Crippen molar-refractivity contribution in [2.45, 2.75) is 0 Å². The normalized spacial score (nSPS) is 11.4. The summed E-state index contributed by atoms with van der Waals surface area (Å²) >= 11 is 16.1. The van der Waals surface area contributed by atoms with Gasteiger partial charge in [0.1, 0.15) is 0 Å². The van der Waals surface area contributed by atoms with Crippen LogP contribution >= 0.6 is 113 Å². The highest BCUT2D eigenvalue weighted by Crippen LogP contribution is 2.48. The summed E-state index contributed by atoms with van der Waals surface area (Å²) in [4.78, 5) is 0. The molecule has 0 saturated carbocycles. The number of anilines is 2. The van der Waals surface area contributed by atoms with E-state index in [4.69, 9.17) is 21.5 Å². The van der Waals surface area contributed by atoms with Crippen LogP contribution in [0.4, 0.5) is 11.4 Å². The van der Waals surface area contributed by atoms with Gasteiger partial charge in [-0.25, -0.2) is 0 Å². The predicted octanol–water partition coefficient (Wildman–Crippen LogP) is 18.9. The largest absolute Gasteiger partial charge is 0.488 e. The molecule has 6 heterocycles. The van der Waals surface area contributed by atoms with Crippen LogP contribution in [0.15, 0.2) is 200 Å². The third-order valence-corrected chi connectivity index (χ3v) is 21.4. The highest BCUT2D eigenvalue weighted by Gasteiger charge is 2.16. The van der Waals surface area contributed by atoms with Gasteiger partial charge in [-0.15, -0.1) is 68.0 Å². The molecule has 13 heteroatoms. The molecule has 0 amide bonds. The quantitative estimate of drug-likeness (QED) is 0.0806. The minimum absolute atomic E-state index is 0.525. The van der Waals surface area contributed by atoms with Gasteiger partial charge in [0.2, 0.25) is 0 Å². The zero-order valence-electron chi connectivity index (χ0n) is 38.4. The molecule has 15 rings (SSSR count). The number of hydrogen-bond donors (Lipinski definition) is 4. The molecule has 6 N–H and O–H groups in total. The van der Waals surface area contributed by atoms with Crippen LogP contribution in [0.3, 0.4) is 0 Å². The molecule has 0 aliphatic rings. The second-order valence-electron chi connectivity index (χ2n) is 17.3. The zero-order valence-corrected chi connectivity index (χ0v) is 47.6. The van der Waals surface area contributed by atoms with E-state index < -0.39 is 7.12 Å². The third-order valence-electron chi connectivity index (χ3n) is 12.5. The van der Waals surface area contributed by atoms with E-state index in [1.54, 1.807) is 24.3 Å². The third kappa shape index (κ3) is 9.77. The molecule has 6 aromatic heterocycles. The summed E-state index contributed by atoms with van der Waals surface area (Å²) in [6.45, 7) is 0. The van der Waals surface area contributed by atoms with Crippen LogP contribution in [0.2, 0.25) is 0 Å². The second kappa shape index (κ2) is 20.7. The van der Waals surface area contributed by atoms with E-state index in [-0.39, 0.29) is 0 Å². The lowest BCUT2D eigenvalue weighted by atomic mass is 9.81. The first kappa shape index (κ1) is 48.5. The first-order valence-electron chi connectivity index (χ1n) is 23.1. The van der Waals surface area contributed by atoms with Gasteiger partial charge >= 0.3 is 7.12 Å². The molecule has 0 aliphatic carbocycles. The van der Waals surface area contributed by atoms with Crippen LogP contribution in [-0.4, -0.2) is 17.2 Å². The van der Waals surface area contributed by atoms with Crippen molar-refractivity contribution in [3.05, 3.63) is 207 Å². The number of thiophene rings is 6. The van der Waals surface area contributed by atoms with Crippen LogP contribution in [0.5, 0.6) is 0 Å².